The molecule has 0 atom stereocenters. The Kier molecular flexibility index (Phi) is 6.26. The van der Waals surface area contributed by atoms with Crippen LogP contribution < -0.4 is 19.1 Å². The maximum absolute atomic E-state index is 12.8. The minimum absolute atomic E-state index is 0.0354. The molecular weight excluding hydrogens is 453 g/mol. The van der Waals surface area contributed by atoms with Gasteiger partial charge in [0.25, 0.3) is 10.0 Å². The molecule has 32 heavy (non-hydrogen) atoms. The SMILES string of the molecule is CCOc1ccc(OC(F)(F)F)cc1S(=O)(=O)NC(=O)c1cc2ccc(N(C)C)cc2o1. The standard InChI is InChI=1S/C20H19F3N2O6S/c1-4-29-15-8-7-14(31-20(21,22)23)11-18(15)32(27,28)24-19(26)17-9-12-5-6-13(25(2)3)10-16(12)30-17/h5-11H,4H2,1-3H3,(H,24,26). The van der Waals surface area contributed by atoms with E-state index >= 15 is 0 Å². The van der Waals surface area contributed by atoms with Crippen LogP contribution in [-0.2, 0) is 10.0 Å². The monoisotopic (exact) mass is 472 g/mol. The number of nitrogens with one attached hydrogen (secondary N) is 1. The van der Waals surface area contributed by atoms with Gasteiger partial charge in [-0.2, -0.15) is 0 Å². The van der Waals surface area contributed by atoms with Crippen LogP contribution in [0.4, 0.5) is 18.9 Å². The third-order valence-electron chi connectivity index (χ3n) is 4.21. The summed E-state index contributed by atoms with van der Waals surface area (Å²) >= 11 is 0. The van der Waals surface area contributed by atoms with Gasteiger partial charge < -0.3 is 18.8 Å². The average molecular weight is 472 g/mol. The molecule has 1 N–H and O–H groups in total. The molecule has 12 heteroatoms. The number of hydrogen-bond acceptors (Lipinski definition) is 7. The number of alkyl halides is 3. The minimum atomic E-state index is -5.03. The zero-order valence-electron chi connectivity index (χ0n) is 17.2. The number of ether oxygens (including phenoxy) is 2. The van der Waals surface area contributed by atoms with Crippen molar-refractivity contribution in [2.75, 3.05) is 25.6 Å². The predicted octanol–water partition coefficient (Wildman–Crippen LogP) is 3.91. The highest BCUT2D eigenvalue weighted by molar-refractivity contribution is 7.90. The van der Waals surface area contributed by atoms with Crippen LogP contribution in [0.5, 0.6) is 11.5 Å². The highest BCUT2D eigenvalue weighted by Gasteiger charge is 2.33. The fraction of sp³-hybridized carbons (Fsp3) is 0.250. The van der Waals surface area contributed by atoms with E-state index in [0.29, 0.717) is 17.0 Å². The van der Waals surface area contributed by atoms with Gasteiger partial charge in [-0.3, -0.25) is 4.79 Å². The van der Waals surface area contributed by atoms with E-state index in [0.717, 1.165) is 17.8 Å². The van der Waals surface area contributed by atoms with Crippen LogP contribution in [0.15, 0.2) is 51.8 Å². The highest BCUT2D eigenvalue weighted by Crippen LogP contribution is 2.32. The maximum atomic E-state index is 12.8. The number of hydrogen-bond donors (Lipinski definition) is 1. The lowest BCUT2D eigenvalue weighted by molar-refractivity contribution is -0.274. The van der Waals surface area contributed by atoms with E-state index in [1.165, 1.54) is 6.07 Å². The maximum Gasteiger partial charge on any atom is 0.573 e. The summed E-state index contributed by atoms with van der Waals surface area (Å²) in [4.78, 5) is 13.7. The Balaban J connectivity index is 1.93. The smallest absolute Gasteiger partial charge is 0.492 e. The Bertz CT molecular complexity index is 1250. The molecule has 172 valence electrons. The number of amides is 1. The first-order valence-corrected chi connectivity index (χ1v) is 10.7. The number of anilines is 1. The first kappa shape index (κ1) is 23.3. The van der Waals surface area contributed by atoms with E-state index in [4.69, 9.17) is 9.15 Å². The van der Waals surface area contributed by atoms with Gasteiger partial charge in [0.2, 0.25) is 0 Å². The van der Waals surface area contributed by atoms with Crippen molar-refractivity contribution in [3.8, 4) is 11.5 Å². The van der Waals surface area contributed by atoms with Crippen LogP contribution in [0, 0.1) is 0 Å². The van der Waals surface area contributed by atoms with E-state index in [2.05, 4.69) is 4.74 Å². The molecular formula is C20H19F3N2O6S. The van der Waals surface area contributed by atoms with E-state index in [1.807, 2.05) is 19.0 Å². The van der Waals surface area contributed by atoms with Crippen molar-refractivity contribution in [3.63, 3.8) is 0 Å². The molecule has 0 saturated carbocycles. The third kappa shape index (κ3) is 5.25. The van der Waals surface area contributed by atoms with E-state index in [1.54, 1.807) is 29.8 Å². The Morgan fingerprint density at radius 2 is 1.84 bits per heavy atom. The number of carbonyl (C=O) groups excluding carboxylic acids is 1. The second kappa shape index (κ2) is 8.61. The number of furan rings is 1. The number of fused-ring (bicyclic) bond motifs is 1. The second-order valence-electron chi connectivity index (χ2n) is 6.75. The van der Waals surface area contributed by atoms with Gasteiger partial charge in [0, 0.05) is 37.3 Å². The number of halogens is 3. The van der Waals surface area contributed by atoms with Gasteiger partial charge in [0.1, 0.15) is 22.0 Å². The summed E-state index contributed by atoms with van der Waals surface area (Å²) in [6, 6.07) is 9.05. The van der Waals surface area contributed by atoms with Gasteiger partial charge in [0.15, 0.2) is 5.76 Å². The molecule has 3 rings (SSSR count). The van der Waals surface area contributed by atoms with E-state index in [9.17, 15) is 26.4 Å². The number of carbonyl (C=O) groups is 1. The van der Waals surface area contributed by atoms with Crippen LogP contribution >= 0.6 is 0 Å². The van der Waals surface area contributed by atoms with Gasteiger partial charge in [-0.25, -0.2) is 13.1 Å². The zero-order chi connectivity index (χ0) is 23.7. The van der Waals surface area contributed by atoms with Crippen molar-refractivity contribution in [3.05, 3.63) is 48.2 Å². The van der Waals surface area contributed by atoms with E-state index < -0.39 is 32.9 Å². The molecule has 1 aromatic heterocycles. The first-order valence-electron chi connectivity index (χ1n) is 9.20. The van der Waals surface area contributed by atoms with Crippen molar-refractivity contribution < 1.29 is 40.3 Å². The molecule has 0 radical (unpaired) electrons. The van der Waals surface area contributed by atoms with Crippen LogP contribution in [-0.4, -0.2) is 41.4 Å². The molecule has 0 unspecified atom stereocenters. The minimum Gasteiger partial charge on any atom is -0.492 e. The molecule has 0 fully saturated rings. The fourth-order valence-corrected chi connectivity index (χ4v) is 3.93. The normalized spacial score (nSPS) is 11.9. The molecule has 2 aromatic carbocycles. The van der Waals surface area contributed by atoms with Crippen LogP contribution in [0.25, 0.3) is 11.0 Å². The Morgan fingerprint density at radius 3 is 2.47 bits per heavy atom. The lowest BCUT2D eigenvalue weighted by Crippen LogP contribution is -2.30. The number of benzene rings is 2. The Morgan fingerprint density at radius 1 is 1.12 bits per heavy atom. The van der Waals surface area contributed by atoms with Crippen molar-refractivity contribution >= 4 is 32.6 Å². The molecule has 1 amide bonds. The van der Waals surface area contributed by atoms with Gasteiger partial charge in [0.05, 0.1) is 6.61 Å². The van der Waals surface area contributed by atoms with Gasteiger partial charge in [-0.15, -0.1) is 13.2 Å². The first-order chi connectivity index (χ1) is 14.9. The zero-order valence-corrected chi connectivity index (χ0v) is 18.0. The van der Waals surface area contributed by atoms with Crippen molar-refractivity contribution in [2.45, 2.75) is 18.2 Å². The largest absolute Gasteiger partial charge is 0.573 e. The Labute approximate surface area is 181 Å². The number of nitrogens with zero attached hydrogens (tertiary/aromatic N) is 1. The lowest BCUT2D eigenvalue weighted by atomic mass is 10.2. The van der Waals surface area contributed by atoms with Gasteiger partial charge in [-0.1, -0.05) is 0 Å². The summed E-state index contributed by atoms with van der Waals surface area (Å²) in [5, 5.41) is 0.564. The summed E-state index contributed by atoms with van der Waals surface area (Å²) in [5.74, 6) is -2.42. The second-order valence-corrected chi connectivity index (χ2v) is 8.40. The summed E-state index contributed by atoms with van der Waals surface area (Å²) in [6.45, 7) is 1.60. The number of sulfonamides is 1. The lowest BCUT2D eigenvalue weighted by Gasteiger charge is -2.14. The van der Waals surface area contributed by atoms with E-state index in [-0.39, 0.29) is 18.1 Å². The van der Waals surface area contributed by atoms with Crippen molar-refractivity contribution in [1.29, 1.82) is 0 Å². The summed E-state index contributed by atoms with van der Waals surface area (Å²) in [6.07, 6.45) is -5.03. The molecule has 0 saturated heterocycles. The highest BCUT2D eigenvalue weighted by atomic mass is 32.2. The Hall–Kier alpha value is -3.41. The van der Waals surface area contributed by atoms with Gasteiger partial charge >= 0.3 is 12.3 Å². The molecule has 0 aliphatic heterocycles. The average Bonchev–Trinajstić information content (AvgIpc) is 3.11. The molecule has 0 aliphatic carbocycles. The van der Waals surface area contributed by atoms with Crippen molar-refractivity contribution in [2.24, 2.45) is 0 Å². The van der Waals surface area contributed by atoms with Gasteiger partial charge in [-0.05, 0) is 37.3 Å². The molecule has 1 heterocycles. The predicted molar refractivity (Wildman–Crippen MR) is 109 cm³/mol. The fourth-order valence-electron chi connectivity index (χ4n) is 2.81. The molecule has 8 nitrogen and oxygen atoms in total. The van der Waals surface area contributed by atoms with Crippen LogP contribution in [0.2, 0.25) is 0 Å². The quantitative estimate of drug-likeness (QED) is 0.557. The third-order valence-corrected chi connectivity index (χ3v) is 5.56. The summed E-state index contributed by atoms with van der Waals surface area (Å²) < 4.78 is 79.4. The molecule has 0 bridgehead atoms. The van der Waals surface area contributed by atoms with Crippen molar-refractivity contribution in [1.82, 2.24) is 4.72 Å². The molecule has 0 aliphatic rings. The topological polar surface area (TPSA) is 98.1 Å². The van der Waals surface area contributed by atoms with Crippen LogP contribution in [0.1, 0.15) is 17.5 Å². The summed E-state index contributed by atoms with van der Waals surface area (Å²) in [5.41, 5.74) is 1.16. The molecule has 3 aromatic rings. The number of rotatable bonds is 7. The van der Waals surface area contributed by atoms with Crippen LogP contribution in [0.3, 0.4) is 0 Å². The molecule has 0 spiro atoms. The summed E-state index contributed by atoms with van der Waals surface area (Å²) in [7, 11) is -1.01.